The zero-order valence-electron chi connectivity index (χ0n) is 16.6. The predicted octanol–water partition coefficient (Wildman–Crippen LogP) is 2.25. The van der Waals surface area contributed by atoms with Gasteiger partial charge >= 0.3 is 0 Å². The molecule has 0 aliphatic heterocycles. The monoisotopic (exact) mass is 408 g/mol. The molecule has 1 radical (unpaired) electrons. The van der Waals surface area contributed by atoms with Gasteiger partial charge in [-0.15, -0.1) is 0 Å². The maximum atomic E-state index is 12.0. The first-order chi connectivity index (χ1) is 14.5. The minimum Gasteiger partial charge on any atom is -0.506 e. The lowest BCUT2D eigenvalue weighted by molar-refractivity contribution is 0.0953. The first-order valence-corrected chi connectivity index (χ1v) is 9.89. The van der Waals surface area contributed by atoms with E-state index in [1.165, 1.54) is 12.1 Å². The van der Waals surface area contributed by atoms with Crippen LogP contribution in [0.4, 0.5) is 0 Å². The number of aliphatic hydroxyl groups is 1. The van der Waals surface area contributed by atoms with Crippen LogP contribution in [0.2, 0.25) is 0 Å². The average molecular weight is 408 g/mol. The van der Waals surface area contributed by atoms with E-state index in [0.29, 0.717) is 41.7 Å². The zero-order valence-corrected chi connectivity index (χ0v) is 16.6. The van der Waals surface area contributed by atoms with Crippen LogP contribution in [0.1, 0.15) is 40.4 Å². The Kier molecular flexibility index (Phi) is 7.21. The molecule has 157 valence electrons. The van der Waals surface area contributed by atoms with Crippen molar-refractivity contribution in [1.82, 2.24) is 15.6 Å². The van der Waals surface area contributed by atoms with Crippen LogP contribution in [0.25, 0.3) is 10.9 Å². The molecule has 7 heteroatoms. The third-order valence-corrected chi connectivity index (χ3v) is 4.89. The number of aliphatic hydroxyl groups excluding tert-OH is 1. The Hall–Kier alpha value is -3.16. The third-order valence-electron chi connectivity index (χ3n) is 4.89. The molecule has 0 fully saturated rings. The Morgan fingerprint density at radius 3 is 2.53 bits per heavy atom. The number of pyridine rings is 1. The number of hydrogen-bond donors (Lipinski definition) is 5. The summed E-state index contributed by atoms with van der Waals surface area (Å²) in [5.41, 5.74) is 2.13. The number of benzene rings is 2. The fourth-order valence-electron chi connectivity index (χ4n) is 3.23. The Morgan fingerprint density at radius 2 is 1.77 bits per heavy atom. The maximum Gasteiger partial charge on any atom is 0.251 e. The summed E-state index contributed by atoms with van der Waals surface area (Å²) in [6.07, 6.45) is 0.870. The number of phenols is 1. The number of carbonyl (C=O) groups excluding carboxylic acids is 1. The highest BCUT2D eigenvalue weighted by atomic mass is 16.3. The van der Waals surface area contributed by atoms with Crippen molar-refractivity contribution in [3.8, 4) is 5.75 Å². The Morgan fingerprint density at radius 1 is 1.03 bits per heavy atom. The van der Waals surface area contributed by atoms with Gasteiger partial charge in [-0.3, -0.25) is 9.59 Å². The number of unbranched alkanes of at least 4 members (excludes halogenated alkanes) is 1. The molecule has 0 bridgehead atoms. The second kappa shape index (κ2) is 10.0. The second-order valence-corrected chi connectivity index (χ2v) is 7.17. The van der Waals surface area contributed by atoms with E-state index in [1.807, 2.05) is 0 Å². The first kappa shape index (κ1) is 21.5. The Bertz CT molecular complexity index is 1060. The lowest BCUT2D eigenvalue weighted by atomic mass is 10.0. The largest absolute Gasteiger partial charge is 0.506 e. The predicted molar refractivity (Wildman–Crippen MR) is 117 cm³/mol. The smallest absolute Gasteiger partial charge is 0.251 e. The van der Waals surface area contributed by atoms with Crippen LogP contribution in [-0.4, -0.2) is 40.7 Å². The minimum atomic E-state index is -0.783. The van der Waals surface area contributed by atoms with Crippen LogP contribution >= 0.6 is 0 Å². The van der Waals surface area contributed by atoms with Gasteiger partial charge in [-0.05, 0) is 61.7 Å². The topological polar surface area (TPSA) is 114 Å². The third kappa shape index (κ3) is 5.46. The number of amides is 1. The van der Waals surface area contributed by atoms with E-state index >= 15 is 0 Å². The van der Waals surface area contributed by atoms with Crippen LogP contribution < -0.4 is 16.2 Å². The van der Waals surface area contributed by atoms with E-state index in [0.717, 1.165) is 18.4 Å². The molecule has 0 aliphatic carbocycles. The van der Waals surface area contributed by atoms with E-state index in [2.05, 4.69) is 22.5 Å². The molecule has 3 rings (SSSR count). The highest BCUT2D eigenvalue weighted by molar-refractivity contribution is 5.94. The van der Waals surface area contributed by atoms with Crippen molar-refractivity contribution >= 4 is 16.8 Å². The molecule has 30 heavy (non-hydrogen) atoms. The van der Waals surface area contributed by atoms with Crippen molar-refractivity contribution in [2.75, 3.05) is 19.6 Å². The van der Waals surface area contributed by atoms with Gasteiger partial charge in [-0.2, -0.15) is 0 Å². The summed E-state index contributed by atoms with van der Waals surface area (Å²) in [6, 6.07) is 13.2. The Balaban J connectivity index is 1.40. The molecular formula is C23H26N3O4. The van der Waals surface area contributed by atoms with Crippen LogP contribution in [0.3, 0.4) is 0 Å². The SMILES string of the molecule is [CH2]c1ccc(C(=O)NCCCCNC[C@@H](O)c2ccc(O)c3[nH]c(=O)ccc23)cc1. The van der Waals surface area contributed by atoms with E-state index in [4.69, 9.17) is 0 Å². The molecule has 1 amide bonds. The molecule has 3 aromatic rings. The summed E-state index contributed by atoms with van der Waals surface area (Å²) in [5, 5.41) is 27.1. The van der Waals surface area contributed by atoms with E-state index < -0.39 is 6.10 Å². The van der Waals surface area contributed by atoms with Gasteiger partial charge in [0.05, 0.1) is 11.6 Å². The number of phenolic OH excluding ortho intramolecular Hbond substituents is 1. The quantitative estimate of drug-likeness (QED) is 0.349. The van der Waals surface area contributed by atoms with Crippen molar-refractivity contribution in [2.45, 2.75) is 18.9 Å². The number of aromatic hydroxyl groups is 1. The highest BCUT2D eigenvalue weighted by Gasteiger charge is 2.13. The maximum absolute atomic E-state index is 12.0. The summed E-state index contributed by atoms with van der Waals surface area (Å²) < 4.78 is 0. The zero-order chi connectivity index (χ0) is 21.5. The summed E-state index contributed by atoms with van der Waals surface area (Å²) in [6.45, 7) is 5.40. The molecule has 7 nitrogen and oxygen atoms in total. The number of rotatable bonds is 9. The number of carbonyl (C=O) groups is 1. The molecule has 1 heterocycles. The van der Waals surface area contributed by atoms with E-state index in [-0.39, 0.29) is 17.2 Å². The molecule has 0 saturated carbocycles. The van der Waals surface area contributed by atoms with Gasteiger partial charge in [0.25, 0.3) is 5.91 Å². The molecule has 0 aliphatic rings. The fourth-order valence-corrected chi connectivity index (χ4v) is 3.23. The van der Waals surface area contributed by atoms with Crippen LogP contribution in [0.5, 0.6) is 5.75 Å². The number of nitrogens with one attached hydrogen (secondary N) is 3. The van der Waals surface area contributed by atoms with Crippen molar-refractivity contribution in [3.63, 3.8) is 0 Å². The number of hydrogen-bond acceptors (Lipinski definition) is 5. The molecule has 1 atom stereocenters. The lowest BCUT2D eigenvalue weighted by Crippen LogP contribution is -2.26. The van der Waals surface area contributed by atoms with Gasteiger partial charge in [0.1, 0.15) is 5.75 Å². The van der Waals surface area contributed by atoms with Gasteiger partial charge in [-0.1, -0.05) is 18.2 Å². The van der Waals surface area contributed by atoms with E-state index in [9.17, 15) is 19.8 Å². The van der Waals surface area contributed by atoms with Crippen molar-refractivity contribution in [2.24, 2.45) is 0 Å². The van der Waals surface area contributed by atoms with E-state index in [1.54, 1.807) is 36.4 Å². The van der Waals surface area contributed by atoms with Gasteiger partial charge < -0.3 is 25.8 Å². The summed E-state index contributed by atoms with van der Waals surface area (Å²) in [7, 11) is 0. The number of fused-ring (bicyclic) bond motifs is 1. The molecule has 0 spiro atoms. The second-order valence-electron chi connectivity index (χ2n) is 7.17. The average Bonchev–Trinajstić information content (AvgIpc) is 2.74. The van der Waals surface area contributed by atoms with Crippen LogP contribution in [-0.2, 0) is 0 Å². The van der Waals surface area contributed by atoms with Crippen molar-refractivity contribution < 1.29 is 15.0 Å². The lowest BCUT2D eigenvalue weighted by Gasteiger charge is -2.15. The standard InChI is InChI=1S/C23H26N3O4/c1-15-4-6-16(7-5-15)23(30)25-13-3-2-12-24-14-20(28)17-8-10-19(27)22-18(17)9-11-21(29)26-22/h4-11,20,24,27-28H,1-3,12-14H2,(H,25,30)(H,26,29)/t20-/m1/s1. The normalized spacial score (nSPS) is 12.1. The summed E-state index contributed by atoms with van der Waals surface area (Å²) in [4.78, 5) is 26.1. The van der Waals surface area contributed by atoms with Gasteiger partial charge in [-0.25, -0.2) is 0 Å². The first-order valence-electron chi connectivity index (χ1n) is 9.89. The fraction of sp³-hybridized carbons (Fsp3) is 0.261. The Labute approximate surface area is 174 Å². The number of aromatic nitrogens is 1. The van der Waals surface area contributed by atoms with Crippen molar-refractivity contribution in [3.05, 3.63) is 82.5 Å². The summed E-state index contributed by atoms with van der Waals surface area (Å²) >= 11 is 0. The minimum absolute atomic E-state index is 0.0315. The molecular weight excluding hydrogens is 382 g/mol. The molecule has 0 unspecified atom stereocenters. The van der Waals surface area contributed by atoms with Crippen LogP contribution in [0, 0.1) is 6.92 Å². The number of aromatic amines is 1. The van der Waals surface area contributed by atoms with Gasteiger partial charge in [0, 0.05) is 30.1 Å². The highest BCUT2D eigenvalue weighted by Crippen LogP contribution is 2.28. The molecule has 2 aromatic carbocycles. The van der Waals surface area contributed by atoms with Gasteiger partial charge in [0.2, 0.25) is 5.56 Å². The van der Waals surface area contributed by atoms with Crippen molar-refractivity contribution in [1.29, 1.82) is 0 Å². The van der Waals surface area contributed by atoms with Gasteiger partial charge in [0.15, 0.2) is 0 Å². The molecule has 1 aromatic heterocycles. The summed E-state index contributed by atoms with van der Waals surface area (Å²) in [5.74, 6) is -0.133. The van der Waals surface area contributed by atoms with Crippen LogP contribution in [0.15, 0.2) is 53.3 Å². The number of H-pyrrole nitrogens is 1. The molecule has 0 saturated heterocycles. The molecule has 5 N–H and O–H groups in total.